The molecule has 0 amide bonds. The summed E-state index contributed by atoms with van der Waals surface area (Å²) in [5.41, 5.74) is 1.36. The fourth-order valence-electron chi connectivity index (χ4n) is 3.23. The van der Waals surface area contributed by atoms with Gasteiger partial charge in [-0.2, -0.15) is 0 Å². The molecule has 0 aromatic heterocycles. The average Bonchev–Trinajstić information content (AvgIpc) is 3.06. The molecule has 0 spiro atoms. The summed E-state index contributed by atoms with van der Waals surface area (Å²) in [5.74, 6) is 1.47. The molecule has 6 heteroatoms. The number of guanidine groups is 1. The Morgan fingerprint density at radius 2 is 2.00 bits per heavy atom. The van der Waals surface area contributed by atoms with E-state index in [-0.39, 0.29) is 4.75 Å². The molecule has 0 aliphatic carbocycles. The molecule has 2 atom stereocenters. The lowest BCUT2D eigenvalue weighted by Gasteiger charge is -2.23. The van der Waals surface area contributed by atoms with E-state index >= 15 is 0 Å². The first kappa shape index (κ1) is 21.9. The topological polar surface area (TPSA) is 56.7 Å². The van der Waals surface area contributed by atoms with E-state index in [1.165, 1.54) is 18.4 Å². The van der Waals surface area contributed by atoms with Gasteiger partial charge in [-0.15, -0.1) is 0 Å². The maximum absolute atomic E-state index is 12.2. The van der Waals surface area contributed by atoms with Crippen molar-refractivity contribution in [3.63, 3.8) is 0 Å². The minimum Gasteiger partial charge on any atom is -0.357 e. The lowest BCUT2D eigenvalue weighted by molar-refractivity contribution is 0.250. The molecule has 2 unspecified atom stereocenters. The Bertz CT molecular complexity index is 612. The molecule has 2 rings (SSSR count). The van der Waals surface area contributed by atoms with Crippen molar-refractivity contribution in [1.29, 1.82) is 0 Å². The Labute approximate surface area is 167 Å². The second-order valence-electron chi connectivity index (χ2n) is 8.06. The van der Waals surface area contributed by atoms with Crippen LogP contribution in [0.15, 0.2) is 35.3 Å². The number of rotatable bonds is 8. The maximum atomic E-state index is 12.2. The van der Waals surface area contributed by atoms with Crippen molar-refractivity contribution in [2.24, 2.45) is 4.99 Å². The Balaban J connectivity index is 1.86. The minimum absolute atomic E-state index is 0.168. The van der Waals surface area contributed by atoms with E-state index in [1.807, 2.05) is 20.8 Å². The number of hydrogen-bond donors (Lipinski definition) is 2. The molecular weight excluding hydrogens is 356 g/mol. The average molecular weight is 393 g/mol. The Morgan fingerprint density at radius 3 is 2.67 bits per heavy atom. The highest BCUT2D eigenvalue weighted by molar-refractivity contribution is 7.86. The normalized spacial score (nSPS) is 19.9. The van der Waals surface area contributed by atoms with Crippen LogP contribution in [0.5, 0.6) is 0 Å². The molecule has 1 aromatic rings. The van der Waals surface area contributed by atoms with Crippen LogP contribution in [0.2, 0.25) is 0 Å². The molecule has 2 N–H and O–H groups in total. The first-order chi connectivity index (χ1) is 12.9. The fourth-order valence-corrected chi connectivity index (χ4v) is 4.13. The number of benzene rings is 1. The summed E-state index contributed by atoms with van der Waals surface area (Å²) in [6.45, 7) is 12.6. The molecule has 1 aliphatic rings. The van der Waals surface area contributed by atoms with E-state index in [9.17, 15) is 4.21 Å². The van der Waals surface area contributed by atoms with Crippen LogP contribution in [0.4, 0.5) is 0 Å². The molecule has 0 radical (unpaired) electrons. The second kappa shape index (κ2) is 10.8. The van der Waals surface area contributed by atoms with Gasteiger partial charge in [-0.25, -0.2) is 0 Å². The van der Waals surface area contributed by atoms with Crippen LogP contribution in [0.1, 0.15) is 46.1 Å². The first-order valence-corrected chi connectivity index (χ1v) is 11.4. The predicted molar refractivity (Wildman–Crippen MR) is 117 cm³/mol. The summed E-state index contributed by atoms with van der Waals surface area (Å²) in [7, 11) is -0.845. The molecule has 1 saturated heterocycles. The standard InChI is InChI=1S/C21H36N4OS/c1-5-22-20(23-13-15-27(26)21(2,3)4)24-16-19-12-9-14-25(19)17-18-10-7-6-8-11-18/h6-8,10-11,19H,5,9,12-17H2,1-4H3,(H2,22,23,24). The zero-order valence-corrected chi connectivity index (χ0v) is 18.1. The maximum Gasteiger partial charge on any atom is 0.191 e. The lowest BCUT2D eigenvalue weighted by atomic mass is 10.2. The summed E-state index contributed by atoms with van der Waals surface area (Å²) in [4.78, 5) is 7.34. The van der Waals surface area contributed by atoms with Gasteiger partial charge in [-0.05, 0) is 52.6 Å². The molecule has 5 nitrogen and oxygen atoms in total. The number of hydrogen-bond acceptors (Lipinski definition) is 3. The number of nitrogens with one attached hydrogen (secondary N) is 2. The Hall–Kier alpha value is -1.40. The van der Waals surface area contributed by atoms with Crippen molar-refractivity contribution in [3.05, 3.63) is 35.9 Å². The lowest BCUT2D eigenvalue weighted by Crippen LogP contribution is -2.41. The largest absolute Gasteiger partial charge is 0.357 e. The smallest absolute Gasteiger partial charge is 0.191 e. The van der Waals surface area contributed by atoms with Crippen molar-refractivity contribution >= 4 is 16.8 Å². The molecule has 1 aliphatic heterocycles. The summed E-state index contributed by atoms with van der Waals surface area (Å²) in [6.07, 6.45) is 2.44. The summed E-state index contributed by atoms with van der Waals surface area (Å²) >= 11 is 0. The molecule has 0 saturated carbocycles. The number of likely N-dealkylation sites (tertiary alicyclic amines) is 1. The Kier molecular flexibility index (Phi) is 8.77. The third-order valence-corrected chi connectivity index (χ3v) is 6.74. The molecule has 1 fully saturated rings. The molecule has 27 heavy (non-hydrogen) atoms. The zero-order chi connectivity index (χ0) is 19.7. The van der Waals surface area contributed by atoms with E-state index in [0.29, 0.717) is 18.3 Å². The third kappa shape index (κ3) is 7.62. The van der Waals surface area contributed by atoms with Gasteiger partial charge in [0.2, 0.25) is 0 Å². The van der Waals surface area contributed by atoms with Gasteiger partial charge in [0.25, 0.3) is 0 Å². The highest BCUT2D eigenvalue weighted by Crippen LogP contribution is 2.20. The van der Waals surface area contributed by atoms with Crippen LogP contribution in [-0.2, 0) is 17.3 Å². The van der Waals surface area contributed by atoms with Crippen LogP contribution >= 0.6 is 0 Å². The molecule has 1 aromatic carbocycles. The van der Waals surface area contributed by atoms with Crippen LogP contribution in [0.3, 0.4) is 0 Å². The van der Waals surface area contributed by atoms with E-state index in [4.69, 9.17) is 4.99 Å². The highest BCUT2D eigenvalue weighted by Gasteiger charge is 2.24. The van der Waals surface area contributed by atoms with Gasteiger partial charge >= 0.3 is 0 Å². The van der Waals surface area contributed by atoms with Crippen molar-refractivity contribution in [2.75, 3.05) is 31.9 Å². The van der Waals surface area contributed by atoms with Crippen LogP contribution in [0, 0.1) is 0 Å². The summed E-state index contributed by atoms with van der Waals surface area (Å²) in [6, 6.07) is 11.2. The van der Waals surface area contributed by atoms with Crippen LogP contribution in [-0.4, -0.2) is 57.8 Å². The van der Waals surface area contributed by atoms with Gasteiger partial charge in [-0.3, -0.25) is 14.1 Å². The first-order valence-electron chi connectivity index (χ1n) is 10.1. The monoisotopic (exact) mass is 392 g/mol. The van der Waals surface area contributed by atoms with Gasteiger partial charge in [0.1, 0.15) is 0 Å². The fraction of sp³-hybridized carbons (Fsp3) is 0.667. The summed E-state index contributed by atoms with van der Waals surface area (Å²) < 4.78 is 12.0. The van der Waals surface area contributed by atoms with E-state index in [0.717, 1.165) is 32.1 Å². The van der Waals surface area contributed by atoms with E-state index < -0.39 is 10.8 Å². The quantitative estimate of drug-likeness (QED) is 0.528. The number of aliphatic imine (C=N–C) groups is 1. The van der Waals surface area contributed by atoms with Gasteiger partial charge in [0, 0.05) is 47.0 Å². The van der Waals surface area contributed by atoms with Crippen molar-refractivity contribution in [1.82, 2.24) is 15.5 Å². The van der Waals surface area contributed by atoms with Crippen molar-refractivity contribution in [3.8, 4) is 0 Å². The molecule has 0 bridgehead atoms. The molecule has 152 valence electrons. The van der Waals surface area contributed by atoms with Gasteiger partial charge in [0.05, 0.1) is 6.54 Å². The van der Waals surface area contributed by atoms with Crippen LogP contribution < -0.4 is 10.6 Å². The van der Waals surface area contributed by atoms with Gasteiger partial charge in [-0.1, -0.05) is 30.3 Å². The van der Waals surface area contributed by atoms with E-state index in [1.54, 1.807) is 0 Å². The minimum atomic E-state index is -0.845. The highest BCUT2D eigenvalue weighted by atomic mass is 32.2. The van der Waals surface area contributed by atoms with Crippen LogP contribution in [0.25, 0.3) is 0 Å². The SMILES string of the molecule is CCNC(=NCC1CCCN1Cc1ccccc1)NCCS(=O)C(C)(C)C. The predicted octanol–water partition coefficient (Wildman–Crippen LogP) is 2.75. The number of nitrogens with zero attached hydrogens (tertiary/aromatic N) is 2. The van der Waals surface area contributed by atoms with Crippen molar-refractivity contribution in [2.45, 2.75) is 57.9 Å². The molecular formula is C21H36N4OS. The second-order valence-corrected chi connectivity index (χ2v) is 10.4. The van der Waals surface area contributed by atoms with Gasteiger partial charge < -0.3 is 10.6 Å². The Morgan fingerprint density at radius 1 is 1.26 bits per heavy atom. The third-order valence-electron chi connectivity index (χ3n) is 4.79. The summed E-state index contributed by atoms with van der Waals surface area (Å²) in [5, 5.41) is 6.64. The van der Waals surface area contributed by atoms with E-state index in [2.05, 4.69) is 52.8 Å². The van der Waals surface area contributed by atoms with Crippen molar-refractivity contribution < 1.29 is 4.21 Å². The molecule has 1 heterocycles. The van der Waals surface area contributed by atoms with Gasteiger partial charge in [0.15, 0.2) is 5.96 Å². The zero-order valence-electron chi connectivity index (χ0n) is 17.3.